The molecule has 1 aromatic rings. The van der Waals surface area contributed by atoms with Crippen LogP contribution in [0.5, 0.6) is 0 Å². The van der Waals surface area contributed by atoms with E-state index in [2.05, 4.69) is 11.1 Å². The Hall–Kier alpha value is -0.0100. The lowest BCUT2D eigenvalue weighted by Crippen LogP contribution is -2.35. The van der Waals surface area contributed by atoms with Crippen LogP contribution in [0.15, 0.2) is 17.1 Å². The molecule has 0 aromatic carbocycles. The highest BCUT2D eigenvalue weighted by Crippen LogP contribution is 2.22. The SMILES string of the molecule is CN(C)C(=NCCCc1ccc(Cl)s1)N(C)C.I. The van der Waals surface area contributed by atoms with Gasteiger partial charge in [-0.1, -0.05) is 11.6 Å². The van der Waals surface area contributed by atoms with Crippen molar-refractivity contribution in [1.82, 2.24) is 9.80 Å². The van der Waals surface area contributed by atoms with Gasteiger partial charge in [0.2, 0.25) is 0 Å². The molecule has 0 atom stereocenters. The van der Waals surface area contributed by atoms with Crippen LogP contribution in [-0.2, 0) is 6.42 Å². The van der Waals surface area contributed by atoms with Crippen LogP contribution in [0.4, 0.5) is 0 Å². The van der Waals surface area contributed by atoms with Crippen molar-refractivity contribution >= 4 is 52.9 Å². The Morgan fingerprint density at radius 3 is 2.28 bits per heavy atom. The van der Waals surface area contributed by atoms with E-state index in [1.54, 1.807) is 11.3 Å². The molecule has 0 radical (unpaired) electrons. The molecule has 0 N–H and O–H groups in total. The van der Waals surface area contributed by atoms with Gasteiger partial charge in [-0.25, -0.2) is 0 Å². The lowest BCUT2D eigenvalue weighted by molar-refractivity contribution is 0.479. The van der Waals surface area contributed by atoms with Gasteiger partial charge in [0.25, 0.3) is 0 Å². The number of hydrogen-bond acceptors (Lipinski definition) is 2. The van der Waals surface area contributed by atoms with E-state index in [-0.39, 0.29) is 24.0 Å². The van der Waals surface area contributed by atoms with E-state index in [9.17, 15) is 0 Å². The molecule has 104 valence electrons. The van der Waals surface area contributed by atoms with Gasteiger partial charge < -0.3 is 9.80 Å². The number of guanidine groups is 1. The third-order valence-corrected chi connectivity index (χ3v) is 3.55. The van der Waals surface area contributed by atoms with Crippen LogP contribution in [0.2, 0.25) is 4.34 Å². The monoisotopic (exact) mass is 401 g/mol. The summed E-state index contributed by atoms with van der Waals surface area (Å²) in [6, 6.07) is 4.05. The summed E-state index contributed by atoms with van der Waals surface area (Å²) in [6.45, 7) is 0.848. The van der Waals surface area contributed by atoms with Crippen molar-refractivity contribution in [2.75, 3.05) is 34.7 Å². The largest absolute Gasteiger partial charge is 0.349 e. The maximum Gasteiger partial charge on any atom is 0.195 e. The smallest absolute Gasteiger partial charge is 0.195 e. The van der Waals surface area contributed by atoms with Gasteiger partial charge in [0.15, 0.2) is 5.96 Å². The number of aliphatic imine (C=N–C) groups is 1. The Balaban J connectivity index is 0.00000289. The number of halogens is 2. The van der Waals surface area contributed by atoms with Crippen LogP contribution in [0, 0.1) is 0 Å². The molecule has 0 amide bonds. The van der Waals surface area contributed by atoms with Crippen LogP contribution in [-0.4, -0.2) is 50.5 Å². The highest BCUT2D eigenvalue weighted by atomic mass is 127. The Morgan fingerprint density at radius 1 is 1.22 bits per heavy atom. The number of aryl methyl sites for hydroxylation is 1. The zero-order valence-corrected chi connectivity index (χ0v) is 15.2. The second-order valence-corrected chi connectivity index (χ2v) is 6.08. The minimum atomic E-state index is 0. The van der Waals surface area contributed by atoms with Gasteiger partial charge >= 0.3 is 0 Å². The average molecular weight is 402 g/mol. The fourth-order valence-corrected chi connectivity index (χ4v) is 2.73. The molecule has 1 rings (SSSR count). The molecular formula is C12H21ClIN3S. The zero-order valence-electron chi connectivity index (χ0n) is 11.3. The molecule has 1 aromatic heterocycles. The summed E-state index contributed by atoms with van der Waals surface area (Å²) in [5, 5.41) is 0. The molecule has 0 fully saturated rings. The third-order valence-electron chi connectivity index (χ3n) is 2.26. The summed E-state index contributed by atoms with van der Waals surface area (Å²) in [6.07, 6.45) is 2.11. The first-order valence-electron chi connectivity index (χ1n) is 5.64. The van der Waals surface area contributed by atoms with E-state index in [1.807, 2.05) is 44.1 Å². The molecule has 0 aliphatic rings. The van der Waals surface area contributed by atoms with Crippen LogP contribution in [0.1, 0.15) is 11.3 Å². The van der Waals surface area contributed by atoms with E-state index < -0.39 is 0 Å². The fourth-order valence-electron chi connectivity index (χ4n) is 1.60. The molecule has 6 heteroatoms. The Kier molecular flexibility index (Phi) is 8.98. The molecule has 0 saturated carbocycles. The van der Waals surface area contributed by atoms with E-state index in [4.69, 9.17) is 11.6 Å². The highest BCUT2D eigenvalue weighted by Gasteiger charge is 2.03. The highest BCUT2D eigenvalue weighted by molar-refractivity contribution is 14.0. The fraction of sp³-hybridized carbons (Fsp3) is 0.583. The Labute approximate surface area is 136 Å². The molecule has 18 heavy (non-hydrogen) atoms. The molecular weight excluding hydrogens is 381 g/mol. The molecule has 0 unspecified atom stereocenters. The van der Waals surface area contributed by atoms with Gasteiger partial charge in [-0.15, -0.1) is 35.3 Å². The van der Waals surface area contributed by atoms with Crippen molar-refractivity contribution in [3.63, 3.8) is 0 Å². The number of rotatable bonds is 4. The van der Waals surface area contributed by atoms with Gasteiger partial charge in [-0.05, 0) is 25.0 Å². The number of thiophene rings is 1. The average Bonchev–Trinajstić information content (AvgIpc) is 2.62. The van der Waals surface area contributed by atoms with Crippen molar-refractivity contribution in [3.05, 3.63) is 21.3 Å². The first-order valence-corrected chi connectivity index (χ1v) is 6.83. The Bertz CT molecular complexity index is 367. The van der Waals surface area contributed by atoms with E-state index in [0.717, 1.165) is 29.7 Å². The van der Waals surface area contributed by atoms with Crippen molar-refractivity contribution < 1.29 is 0 Å². The van der Waals surface area contributed by atoms with E-state index >= 15 is 0 Å². The lowest BCUT2D eigenvalue weighted by Gasteiger charge is -2.22. The summed E-state index contributed by atoms with van der Waals surface area (Å²) in [4.78, 5) is 9.98. The molecule has 3 nitrogen and oxygen atoms in total. The second-order valence-electron chi connectivity index (χ2n) is 4.28. The van der Waals surface area contributed by atoms with Gasteiger partial charge in [-0.3, -0.25) is 4.99 Å². The number of nitrogens with zero attached hydrogens (tertiary/aromatic N) is 3. The summed E-state index contributed by atoms with van der Waals surface area (Å²) in [5.74, 6) is 1.01. The summed E-state index contributed by atoms with van der Waals surface area (Å²) < 4.78 is 0.866. The van der Waals surface area contributed by atoms with Gasteiger partial charge in [0.1, 0.15) is 0 Å². The minimum Gasteiger partial charge on any atom is -0.349 e. The summed E-state index contributed by atoms with van der Waals surface area (Å²) in [7, 11) is 8.05. The summed E-state index contributed by atoms with van der Waals surface area (Å²) in [5.41, 5.74) is 0. The maximum atomic E-state index is 5.88. The Morgan fingerprint density at radius 2 is 1.83 bits per heavy atom. The van der Waals surface area contributed by atoms with Gasteiger partial charge in [-0.2, -0.15) is 0 Å². The number of hydrogen-bond donors (Lipinski definition) is 0. The zero-order chi connectivity index (χ0) is 12.8. The molecule has 0 aliphatic heterocycles. The van der Waals surface area contributed by atoms with Crippen LogP contribution >= 0.6 is 46.9 Å². The predicted molar refractivity (Wildman–Crippen MR) is 92.7 cm³/mol. The molecule has 0 bridgehead atoms. The quantitative estimate of drug-likeness (QED) is 0.333. The van der Waals surface area contributed by atoms with Gasteiger partial charge in [0.05, 0.1) is 4.34 Å². The van der Waals surface area contributed by atoms with Crippen molar-refractivity contribution in [2.24, 2.45) is 4.99 Å². The predicted octanol–water partition coefficient (Wildman–Crippen LogP) is 3.43. The molecule has 0 saturated heterocycles. The molecule has 0 aliphatic carbocycles. The first-order chi connectivity index (χ1) is 8.00. The first kappa shape index (κ1) is 18.0. The maximum absolute atomic E-state index is 5.88. The third kappa shape index (κ3) is 6.24. The van der Waals surface area contributed by atoms with E-state index in [1.165, 1.54) is 4.88 Å². The normalized spacial score (nSPS) is 9.61. The summed E-state index contributed by atoms with van der Waals surface area (Å²) >= 11 is 7.54. The van der Waals surface area contributed by atoms with Crippen LogP contribution < -0.4 is 0 Å². The topological polar surface area (TPSA) is 18.8 Å². The van der Waals surface area contributed by atoms with Crippen molar-refractivity contribution in [3.8, 4) is 0 Å². The molecule has 1 heterocycles. The van der Waals surface area contributed by atoms with E-state index in [0.29, 0.717) is 0 Å². The van der Waals surface area contributed by atoms with Crippen molar-refractivity contribution in [2.45, 2.75) is 12.8 Å². The standard InChI is InChI=1S/C12H20ClN3S.HI/c1-15(2)12(16(3)4)14-9-5-6-10-7-8-11(13)17-10;/h7-8H,5-6,9H2,1-4H3;1H. The molecule has 0 spiro atoms. The minimum absolute atomic E-state index is 0. The van der Waals surface area contributed by atoms with Gasteiger partial charge in [0, 0.05) is 39.6 Å². The van der Waals surface area contributed by atoms with Crippen LogP contribution in [0.3, 0.4) is 0 Å². The van der Waals surface area contributed by atoms with Crippen molar-refractivity contribution in [1.29, 1.82) is 0 Å². The lowest BCUT2D eigenvalue weighted by atomic mass is 10.3. The second kappa shape index (κ2) is 8.98. The van der Waals surface area contributed by atoms with Crippen LogP contribution in [0.25, 0.3) is 0 Å².